The molecule has 2 heterocycles. The fraction of sp³-hybridized carbons (Fsp3) is 0.118. The molecule has 3 rings (SSSR count). The highest BCUT2D eigenvalue weighted by Crippen LogP contribution is 2.25. The van der Waals surface area contributed by atoms with Crippen LogP contribution < -0.4 is 5.32 Å². The van der Waals surface area contributed by atoms with Crippen LogP contribution in [0.5, 0.6) is 0 Å². The predicted molar refractivity (Wildman–Crippen MR) is 100.0 cm³/mol. The van der Waals surface area contributed by atoms with Crippen molar-refractivity contribution in [2.24, 2.45) is 0 Å². The Balaban J connectivity index is 0.00000132. The number of aryl methyl sites for hydroxylation is 1. The highest BCUT2D eigenvalue weighted by atomic mass is 35.5. The van der Waals surface area contributed by atoms with Crippen LogP contribution in [-0.4, -0.2) is 4.98 Å². The number of halogens is 3. The van der Waals surface area contributed by atoms with Crippen LogP contribution in [-0.2, 0) is 6.54 Å². The van der Waals surface area contributed by atoms with Gasteiger partial charge in [0.25, 0.3) is 0 Å². The van der Waals surface area contributed by atoms with E-state index in [-0.39, 0.29) is 24.8 Å². The maximum Gasteiger partial charge on any atom is 0.122 e. The van der Waals surface area contributed by atoms with E-state index < -0.39 is 0 Å². The van der Waals surface area contributed by atoms with E-state index in [0.29, 0.717) is 6.54 Å². The Morgan fingerprint density at radius 2 is 1.83 bits per heavy atom. The van der Waals surface area contributed by atoms with E-state index in [4.69, 9.17) is 16.0 Å². The van der Waals surface area contributed by atoms with Crippen LogP contribution in [0.2, 0.25) is 5.02 Å². The number of rotatable bonds is 4. The average Bonchev–Trinajstić information content (AvgIpc) is 3.01. The van der Waals surface area contributed by atoms with Crippen LogP contribution in [0.3, 0.4) is 0 Å². The van der Waals surface area contributed by atoms with Crippen molar-refractivity contribution in [1.82, 2.24) is 4.98 Å². The van der Waals surface area contributed by atoms with Crippen molar-refractivity contribution < 1.29 is 4.42 Å². The molecule has 0 saturated carbocycles. The third kappa shape index (κ3) is 4.90. The van der Waals surface area contributed by atoms with Crippen molar-refractivity contribution in [2.45, 2.75) is 13.5 Å². The van der Waals surface area contributed by atoms with Gasteiger partial charge in [0.05, 0.1) is 24.2 Å². The summed E-state index contributed by atoms with van der Waals surface area (Å²) >= 11 is 5.92. The molecule has 0 atom stereocenters. The summed E-state index contributed by atoms with van der Waals surface area (Å²) in [6, 6.07) is 13.7. The van der Waals surface area contributed by atoms with E-state index in [1.54, 1.807) is 6.26 Å². The highest BCUT2D eigenvalue weighted by Gasteiger charge is 2.05. The number of nitrogens with one attached hydrogen (secondary N) is 1. The van der Waals surface area contributed by atoms with Crippen LogP contribution >= 0.6 is 36.4 Å². The van der Waals surface area contributed by atoms with Gasteiger partial charge in [-0.05, 0) is 42.8 Å². The molecule has 0 unspecified atom stereocenters. The smallest absolute Gasteiger partial charge is 0.122 e. The normalized spacial score (nSPS) is 9.65. The molecule has 0 aliphatic carbocycles. The molecule has 2 aromatic heterocycles. The third-order valence-corrected chi connectivity index (χ3v) is 3.55. The molecule has 0 saturated heterocycles. The first-order valence-electron chi connectivity index (χ1n) is 6.71. The molecule has 122 valence electrons. The molecule has 0 aliphatic rings. The minimum Gasteiger partial charge on any atom is -0.467 e. The van der Waals surface area contributed by atoms with Crippen LogP contribution in [0, 0.1) is 6.92 Å². The molecule has 0 spiro atoms. The molecule has 23 heavy (non-hydrogen) atoms. The van der Waals surface area contributed by atoms with Crippen LogP contribution in [0.25, 0.3) is 11.1 Å². The van der Waals surface area contributed by atoms with E-state index in [1.807, 2.05) is 49.5 Å². The monoisotopic (exact) mass is 370 g/mol. The van der Waals surface area contributed by atoms with E-state index >= 15 is 0 Å². The lowest BCUT2D eigenvalue weighted by Crippen LogP contribution is -2.01. The number of furan rings is 1. The zero-order valence-electron chi connectivity index (χ0n) is 12.5. The summed E-state index contributed by atoms with van der Waals surface area (Å²) in [5.74, 6) is 0.895. The van der Waals surface area contributed by atoms with Gasteiger partial charge in [0, 0.05) is 16.8 Å². The topological polar surface area (TPSA) is 38.1 Å². The molecule has 1 N–H and O–H groups in total. The Morgan fingerprint density at radius 1 is 1.09 bits per heavy atom. The largest absolute Gasteiger partial charge is 0.467 e. The Kier molecular flexibility index (Phi) is 7.43. The zero-order valence-corrected chi connectivity index (χ0v) is 14.8. The van der Waals surface area contributed by atoms with Gasteiger partial charge in [0.15, 0.2) is 0 Å². The fourth-order valence-corrected chi connectivity index (χ4v) is 2.23. The molecule has 0 radical (unpaired) electrons. The molecule has 0 aliphatic heterocycles. The summed E-state index contributed by atoms with van der Waals surface area (Å²) in [4.78, 5) is 4.45. The average molecular weight is 372 g/mol. The summed E-state index contributed by atoms with van der Waals surface area (Å²) in [6.07, 6.45) is 3.54. The predicted octanol–water partition coefficient (Wildman–Crippen LogP) is 5.76. The van der Waals surface area contributed by atoms with Gasteiger partial charge in [-0.2, -0.15) is 0 Å². The number of pyridine rings is 1. The van der Waals surface area contributed by atoms with Gasteiger partial charge in [-0.25, -0.2) is 0 Å². The minimum absolute atomic E-state index is 0. The lowest BCUT2D eigenvalue weighted by Gasteiger charge is -2.10. The second kappa shape index (κ2) is 8.82. The fourth-order valence-electron chi connectivity index (χ4n) is 2.11. The first-order chi connectivity index (χ1) is 10.2. The molecule has 1 aromatic carbocycles. The maximum absolute atomic E-state index is 5.92. The van der Waals surface area contributed by atoms with Crippen LogP contribution in [0.1, 0.15) is 11.5 Å². The lowest BCUT2D eigenvalue weighted by atomic mass is 10.1. The quantitative estimate of drug-likeness (QED) is 0.633. The van der Waals surface area contributed by atoms with Crippen molar-refractivity contribution in [2.75, 3.05) is 5.32 Å². The molecule has 6 heteroatoms. The van der Waals surface area contributed by atoms with Gasteiger partial charge in [-0.3, -0.25) is 4.98 Å². The standard InChI is InChI=1S/C17H15ClN2O.2ClH/c1-12-17(20-11-16-3-2-8-21-16)9-14(10-19-12)13-4-6-15(18)7-5-13;;/h2-10,20H,11H2,1H3;2*1H. The van der Waals surface area contributed by atoms with Gasteiger partial charge < -0.3 is 9.73 Å². The Bertz CT molecular complexity index is 728. The third-order valence-electron chi connectivity index (χ3n) is 3.30. The number of benzene rings is 1. The second-order valence-corrected chi connectivity index (χ2v) is 5.23. The minimum atomic E-state index is 0. The molecule has 3 aromatic rings. The van der Waals surface area contributed by atoms with Gasteiger partial charge in [0.1, 0.15) is 5.76 Å². The van der Waals surface area contributed by atoms with Gasteiger partial charge in [-0.1, -0.05) is 23.7 Å². The van der Waals surface area contributed by atoms with E-state index in [0.717, 1.165) is 33.3 Å². The second-order valence-electron chi connectivity index (χ2n) is 4.80. The number of hydrogen-bond donors (Lipinski definition) is 1. The summed E-state index contributed by atoms with van der Waals surface area (Å²) in [5, 5.41) is 4.09. The summed E-state index contributed by atoms with van der Waals surface area (Å²) in [5.41, 5.74) is 4.10. The first-order valence-corrected chi connectivity index (χ1v) is 7.09. The highest BCUT2D eigenvalue weighted by molar-refractivity contribution is 6.30. The van der Waals surface area contributed by atoms with Gasteiger partial charge in [0.2, 0.25) is 0 Å². The maximum atomic E-state index is 5.92. The first kappa shape index (κ1) is 19.4. The van der Waals surface area contributed by atoms with E-state index in [1.165, 1.54) is 0 Å². The molecule has 0 fully saturated rings. The van der Waals surface area contributed by atoms with E-state index in [9.17, 15) is 0 Å². The van der Waals surface area contributed by atoms with Crippen LogP contribution in [0.4, 0.5) is 5.69 Å². The molecule has 0 bridgehead atoms. The number of aromatic nitrogens is 1. The Hall–Kier alpha value is -1.68. The summed E-state index contributed by atoms with van der Waals surface area (Å²) < 4.78 is 5.33. The zero-order chi connectivity index (χ0) is 14.7. The van der Waals surface area contributed by atoms with Crippen molar-refractivity contribution in [3.63, 3.8) is 0 Å². The van der Waals surface area contributed by atoms with Gasteiger partial charge >= 0.3 is 0 Å². The van der Waals surface area contributed by atoms with Crippen LogP contribution in [0.15, 0.2) is 59.3 Å². The van der Waals surface area contributed by atoms with Crippen molar-refractivity contribution >= 4 is 42.1 Å². The SMILES string of the molecule is Cc1ncc(-c2ccc(Cl)cc2)cc1NCc1ccco1.Cl.Cl. The number of hydrogen-bond acceptors (Lipinski definition) is 3. The van der Waals surface area contributed by atoms with Gasteiger partial charge in [-0.15, -0.1) is 24.8 Å². The molecular formula is C17H17Cl3N2O. The summed E-state index contributed by atoms with van der Waals surface area (Å²) in [6.45, 7) is 2.62. The summed E-state index contributed by atoms with van der Waals surface area (Å²) in [7, 11) is 0. The van der Waals surface area contributed by atoms with Crippen molar-refractivity contribution in [3.05, 3.63) is 71.4 Å². The van der Waals surface area contributed by atoms with Crippen molar-refractivity contribution in [1.29, 1.82) is 0 Å². The Morgan fingerprint density at radius 3 is 2.48 bits per heavy atom. The van der Waals surface area contributed by atoms with Crippen molar-refractivity contribution in [3.8, 4) is 11.1 Å². The lowest BCUT2D eigenvalue weighted by molar-refractivity contribution is 0.518. The Labute approximate surface area is 152 Å². The van der Waals surface area contributed by atoms with E-state index in [2.05, 4.69) is 16.4 Å². The number of nitrogens with zero attached hydrogens (tertiary/aromatic N) is 1. The molecule has 0 amide bonds. The molecular weight excluding hydrogens is 355 g/mol. The number of anilines is 1. The molecule has 3 nitrogen and oxygen atoms in total.